The van der Waals surface area contributed by atoms with Gasteiger partial charge in [-0.2, -0.15) is 0 Å². The van der Waals surface area contributed by atoms with Gasteiger partial charge in [0, 0.05) is 23.0 Å². The molecule has 0 spiro atoms. The highest BCUT2D eigenvalue weighted by Gasteiger charge is 2.40. The summed E-state index contributed by atoms with van der Waals surface area (Å²) >= 11 is 3.51. The molecule has 0 unspecified atom stereocenters. The summed E-state index contributed by atoms with van der Waals surface area (Å²) in [6, 6.07) is 8.72. The molecule has 0 saturated heterocycles. The summed E-state index contributed by atoms with van der Waals surface area (Å²) in [7, 11) is 0. The molecule has 2 atom stereocenters. The first-order chi connectivity index (χ1) is 10.2. The molecule has 0 aromatic heterocycles. The zero-order valence-electron chi connectivity index (χ0n) is 12.7. The van der Waals surface area contributed by atoms with E-state index in [1.807, 2.05) is 12.1 Å². The maximum Gasteiger partial charge on any atom is 0.226 e. The number of carbonyl (C=O) groups is 1. The van der Waals surface area contributed by atoms with Crippen molar-refractivity contribution in [3.05, 3.63) is 34.3 Å². The van der Waals surface area contributed by atoms with E-state index in [0.29, 0.717) is 24.4 Å². The number of halogens is 2. The van der Waals surface area contributed by atoms with Gasteiger partial charge in [0.2, 0.25) is 5.91 Å². The molecule has 122 valence electrons. The van der Waals surface area contributed by atoms with E-state index < -0.39 is 0 Å². The van der Waals surface area contributed by atoms with Crippen LogP contribution in [0.15, 0.2) is 28.7 Å². The number of amides is 1. The number of nitrogens with two attached hydrogens (primary N) is 1. The Morgan fingerprint density at radius 1 is 1.27 bits per heavy atom. The predicted molar refractivity (Wildman–Crippen MR) is 94.8 cm³/mol. The zero-order chi connectivity index (χ0) is 14.8. The van der Waals surface area contributed by atoms with Crippen molar-refractivity contribution >= 4 is 34.2 Å². The standard InChI is InChI=1S/C17H23BrN2O.ClH/c18-14-5-1-3-12(9-14)11-20(15-7-8-15)17(21)16-6-2-4-13(16)10-19;/h1,3,5,9,13,15-16H,2,4,6-8,10-11,19H2;1H/t13-,16-;/m1./s1. The largest absolute Gasteiger partial charge is 0.335 e. The Kier molecular flexibility index (Phi) is 6.30. The molecule has 2 saturated carbocycles. The summed E-state index contributed by atoms with van der Waals surface area (Å²) in [5.41, 5.74) is 7.05. The van der Waals surface area contributed by atoms with E-state index in [1.54, 1.807) is 0 Å². The molecule has 3 rings (SSSR count). The van der Waals surface area contributed by atoms with Crippen molar-refractivity contribution in [3.63, 3.8) is 0 Å². The fourth-order valence-electron chi connectivity index (χ4n) is 3.46. The number of hydrogen-bond donors (Lipinski definition) is 1. The Bertz CT molecular complexity index is 521. The van der Waals surface area contributed by atoms with Gasteiger partial charge in [0.05, 0.1) is 0 Å². The molecule has 0 aliphatic heterocycles. The van der Waals surface area contributed by atoms with E-state index in [1.165, 1.54) is 5.56 Å². The Morgan fingerprint density at radius 2 is 2.05 bits per heavy atom. The topological polar surface area (TPSA) is 46.3 Å². The lowest BCUT2D eigenvalue weighted by Gasteiger charge is -2.28. The third kappa shape index (κ3) is 4.03. The molecule has 0 heterocycles. The maximum atomic E-state index is 12.9. The van der Waals surface area contributed by atoms with E-state index in [-0.39, 0.29) is 18.3 Å². The minimum atomic E-state index is 0. The van der Waals surface area contributed by atoms with Crippen LogP contribution in [-0.4, -0.2) is 23.4 Å². The number of nitrogens with zero attached hydrogens (tertiary/aromatic N) is 1. The number of hydrogen-bond acceptors (Lipinski definition) is 2. The van der Waals surface area contributed by atoms with E-state index in [4.69, 9.17) is 5.73 Å². The number of carbonyl (C=O) groups excluding carboxylic acids is 1. The molecule has 1 amide bonds. The van der Waals surface area contributed by atoms with Gasteiger partial charge in [-0.1, -0.05) is 34.5 Å². The molecule has 2 aliphatic rings. The van der Waals surface area contributed by atoms with Crippen LogP contribution in [0.2, 0.25) is 0 Å². The molecular weight excluding hydrogens is 364 g/mol. The van der Waals surface area contributed by atoms with E-state index in [9.17, 15) is 4.79 Å². The van der Waals surface area contributed by atoms with Crippen molar-refractivity contribution in [3.8, 4) is 0 Å². The molecule has 2 fully saturated rings. The second-order valence-corrected chi connectivity index (χ2v) is 7.28. The Hall–Kier alpha value is -0.580. The molecule has 0 bridgehead atoms. The van der Waals surface area contributed by atoms with Crippen LogP contribution in [0.4, 0.5) is 0 Å². The van der Waals surface area contributed by atoms with Gasteiger partial charge in [-0.05, 0) is 55.8 Å². The average Bonchev–Trinajstić information content (AvgIpc) is 3.20. The Morgan fingerprint density at radius 3 is 2.68 bits per heavy atom. The summed E-state index contributed by atoms with van der Waals surface area (Å²) in [4.78, 5) is 15.1. The van der Waals surface area contributed by atoms with Crippen LogP contribution >= 0.6 is 28.3 Å². The van der Waals surface area contributed by atoms with Gasteiger partial charge in [0.15, 0.2) is 0 Å². The first kappa shape index (κ1) is 17.8. The van der Waals surface area contributed by atoms with Crippen molar-refractivity contribution in [1.82, 2.24) is 4.90 Å². The smallest absolute Gasteiger partial charge is 0.226 e. The van der Waals surface area contributed by atoms with Crippen LogP contribution in [0.3, 0.4) is 0 Å². The Labute approximate surface area is 147 Å². The molecular formula is C17H24BrClN2O. The molecule has 0 radical (unpaired) electrons. The highest BCUT2D eigenvalue weighted by Crippen LogP contribution is 2.36. The maximum absolute atomic E-state index is 12.9. The molecule has 5 heteroatoms. The molecule has 2 aliphatic carbocycles. The van der Waals surface area contributed by atoms with Crippen LogP contribution in [0.1, 0.15) is 37.7 Å². The van der Waals surface area contributed by atoms with Crippen molar-refractivity contribution in [1.29, 1.82) is 0 Å². The van der Waals surface area contributed by atoms with Gasteiger partial charge < -0.3 is 10.6 Å². The Balaban J connectivity index is 0.00000176. The van der Waals surface area contributed by atoms with Crippen molar-refractivity contribution in [2.75, 3.05) is 6.54 Å². The molecule has 1 aromatic carbocycles. The predicted octanol–water partition coefficient (Wildman–Crippen LogP) is 3.74. The first-order valence-corrected chi connectivity index (χ1v) is 8.73. The fraction of sp³-hybridized carbons (Fsp3) is 0.588. The first-order valence-electron chi connectivity index (χ1n) is 7.94. The lowest BCUT2D eigenvalue weighted by atomic mass is 9.94. The van der Waals surface area contributed by atoms with Gasteiger partial charge >= 0.3 is 0 Å². The fourth-order valence-corrected chi connectivity index (χ4v) is 3.91. The summed E-state index contributed by atoms with van der Waals surface area (Å²) in [6.07, 6.45) is 5.58. The second kappa shape index (κ2) is 7.80. The van der Waals surface area contributed by atoms with Crippen LogP contribution in [-0.2, 0) is 11.3 Å². The summed E-state index contributed by atoms with van der Waals surface area (Å²) < 4.78 is 1.07. The van der Waals surface area contributed by atoms with Crippen LogP contribution in [0.5, 0.6) is 0 Å². The van der Waals surface area contributed by atoms with E-state index in [0.717, 1.165) is 43.1 Å². The highest BCUT2D eigenvalue weighted by atomic mass is 79.9. The SMILES string of the molecule is Cl.NC[C@H]1CCC[C@H]1C(=O)N(Cc1cccc(Br)c1)C1CC1. The lowest BCUT2D eigenvalue weighted by Crippen LogP contribution is -2.40. The highest BCUT2D eigenvalue weighted by molar-refractivity contribution is 9.10. The average molecular weight is 388 g/mol. The third-order valence-electron chi connectivity index (χ3n) is 4.79. The molecule has 1 aromatic rings. The van der Waals surface area contributed by atoms with Crippen molar-refractivity contribution < 1.29 is 4.79 Å². The minimum Gasteiger partial charge on any atom is -0.335 e. The van der Waals surface area contributed by atoms with Crippen molar-refractivity contribution in [2.24, 2.45) is 17.6 Å². The van der Waals surface area contributed by atoms with Crippen LogP contribution < -0.4 is 5.73 Å². The molecule has 3 nitrogen and oxygen atoms in total. The van der Waals surface area contributed by atoms with Gasteiger partial charge in [-0.15, -0.1) is 12.4 Å². The van der Waals surface area contributed by atoms with Gasteiger partial charge in [0.1, 0.15) is 0 Å². The van der Waals surface area contributed by atoms with Gasteiger partial charge in [-0.25, -0.2) is 0 Å². The lowest BCUT2D eigenvalue weighted by molar-refractivity contribution is -0.137. The monoisotopic (exact) mass is 386 g/mol. The summed E-state index contributed by atoms with van der Waals surface area (Å²) in [6.45, 7) is 1.38. The zero-order valence-corrected chi connectivity index (χ0v) is 15.1. The van der Waals surface area contributed by atoms with Gasteiger partial charge in [0.25, 0.3) is 0 Å². The number of rotatable bonds is 5. The van der Waals surface area contributed by atoms with Crippen LogP contribution in [0.25, 0.3) is 0 Å². The summed E-state index contributed by atoms with van der Waals surface area (Å²) in [5, 5.41) is 0. The second-order valence-electron chi connectivity index (χ2n) is 6.36. The quantitative estimate of drug-likeness (QED) is 0.836. The van der Waals surface area contributed by atoms with Gasteiger partial charge in [-0.3, -0.25) is 4.79 Å². The molecule has 22 heavy (non-hydrogen) atoms. The normalized spacial score (nSPS) is 23.9. The summed E-state index contributed by atoms with van der Waals surface area (Å²) in [5.74, 6) is 0.884. The minimum absolute atomic E-state index is 0. The van der Waals surface area contributed by atoms with Crippen LogP contribution in [0, 0.1) is 11.8 Å². The number of benzene rings is 1. The molecule has 2 N–H and O–H groups in total. The van der Waals surface area contributed by atoms with E-state index >= 15 is 0 Å². The van der Waals surface area contributed by atoms with Crippen molar-refractivity contribution in [2.45, 2.75) is 44.7 Å². The third-order valence-corrected chi connectivity index (χ3v) is 5.28. The van der Waals surface area contributed by atoms with E-state index in [2.05, 4.69) is 33.0 Å².